The molecule has 2 heterocycles. The summed E-state index contributed by atoms with van der Waals surface area (Å²) in [6.07, 6.45) is -0.154. The predicted octanol–water partition coefficient (Wildman–Crippen LogP) is 4.47. The molecule has 0 saturated heterocycles. The fraction of sp³-hybridized carbons (Fsp3) is 0.286. The van der Waals surface area contributed by atoms with Gasteiger partial charge >= 0.3 is 0 Å². The van der Waals surface area contributed by atoms with Crippen molar-refractivity contribution < 1.29 is 22.7 Å². The van der Waals surface area contributed by atoms with E-state index in [-0.39, 0.29) is 34.4 Å². The third-order valence-corrected chi connectivity index (χ3v) is 6.65. The van der Waals surface area contributed by atoms with Gasteiger partial charge in [0.05, 0.1) is 28.0 Å². The number of hydrogen-bond acceptors (Lipinski definition) is 8. The molecule has 0 atom stereocenters. The average Bonchev–Trinajstić information content (AvgIpc) is 3.12. The van der Waals surface area contributed by atoms with Crippen molar-refractivity contribution in [3.63, 3.8) is 0 Å². The van der Waals surface area contributed by atoms with E-state index in [1.54, 1.807) is 6.92 Å². The normalized spacial score (nSPS) is 11.4. The number of anilines is 1. The molecule has 0 radical (unpaired) electrons. The van der Waals surface area contributed by atoms with Crippen molar-refractivity contribution in [3.05, 3.63) is 53.0 Å². The summed E-state index contributed by atoms with van der Waals surface area (Å²) in [5, 5.41) is 5.07. The van der Waals surface area contributed by atoms with Gasteiger partial charge in [0.25, 0.3) is 5.91 Å². The van der Waals surface area contributed by atoms with E-state index >= 15 is 0 Å². The van der Waals surface area contributed by atoms with Gasteiger partial charge in [-0.2, -0.15) is 4.98 Å². The van der Waals surface area contributed by atoms with Crippen LogP contribution in [0.15, 0.2) is 46.7 Å². The molecule has 1 amide bonds. The molecule has 0 bridgehead atoms. The first-order valence-corrected chi connectivity index (χ1v) is 12.1. The van der Waals surface area contributed by atoms with Crippen LogP contribution in [0.1, 0.15) is 36.8 Å². The molecule has 0 saturated carbocycles. The van der Waals surface area contributed by atoms with Crippen molar-refractivity contribution in [2.45, 2.75) is 38.7 Å². The van der Waals surface area contributed by atoms with Gasteiger partial charge < -0.3 is 9.47 Å². The number of rotatable bonds is 8. The Balaban J connectivity index is 1.86. The predicted molar refractivity (Wildman–Crippen MR) is 119 cm³/mol. The fourth-order valence-corrected chi connectivity index (χ4v) is 4.12. The second-order valence-electron chi connectivity index (χ2n) is 6.92. The second-order valence-corrected chi connectivity index (χ2v) is 10.1. The smallest absolute Gasteiger partial charge is 0.257 e. The molecule has 0 aliphatic rings. The molecule has 10 heteroatoms. The Bertz CT molecular complexity index is 1170. The maximum absolute atomic E-state index is 12.7. The minimum absolute atomic E-state index is 0.0143. The van der Waals surface area contributed by atoms with Gasteiger partial charge in [0.15, 0.2) is 15.0 Å². The summed E-state index contributed by atoms with van der Waals surface area (Å²) in [5.41, 5.74) is 1.11. The Morgan fingerprint density at radius 2 is 1.81 bits per heavy atom. The topological polar surface area (TPSA) is 107 Å². The van der Waals surface area contributed by atoms with Gasteiger partial charge in [-0.05, 0) is 45.0 Å². The first kappa shape index (κ1) is 22.7. The number of benzene rings is 1. The Labute approximate surface area is 185 Å². The van der Waals surface area contributed by atoms with E-state index in [2.05, 4.69) is 15.3 Å². The van der Waals surface area contributed by atoms with Crippen LogP contribution in [-0.4, -0.2) is 36.1 Å². The summed E-state index contributed by atoms with van der Waals surface area (Å²) < 4.78 is 35.4. The zero-order valence-electron chi connectivity index (χ0n) is 17.6. The summed E-state index contributed by atoms with van der Waals surface area (Å²) in [6, 6.07) is 9.04. The van der Waals surface area contributed by atoms with Crippen LogP contribution in [-0.2, 0) is 9.84 Å². The number of aromatic nitrogens is 2. The van der Waals surface area contributed by atoms with Crippen LogP contribution < -0.4 is 14.8 Å². The third-order valence-electron chi connectivity index (χ3n) is 4.02. The van der Waals surface area contributed by atoms with Gasteiger partial charge in [-0.15, -0.1) is 11.3 Å². The van der Waals surface area contributed by atoms with E-state index in [0.29, 0.717) is 16.4 Å². The van der Waals surface area contributed by atoms with E-state index < -0.39 is 9.84 Å². The quantitative estimate of drug-likeness (QED) is 0.527. The Hall–Kier alpha value is -2.98. The highest BCUT2D eigenvalue weighted by Gasteiger charge is 2.16. The molecular formula is C21H23N3O5S2. The largest absolute Gasteiger partial charge is 0.475 e. The first-order chi connectivity index (χ1) is 14.7. The fourth-order valence-electron chi connectivity index (χ4n) is 2.55. The van der Waals surface area contributed by atoms with Crippen LogP contribution in [0.4, 0.5) is 5.13 Å². The monoisotopic (exact) mass is 461 g/mol. The molecular weight excluding hydrogens is 438 g/mol. The van der Waals surface area contributed by atoms with Crippen molar-refractivity contribution >= 4 is 32.2 Å². The SMILES string of the molecule is CCS(=O)(=O)c1ccc(Oc2cc(C(=O)Nc3nc(C)cs3)cc(OC(C)C)n2)cc1. The standard InChI is InChI=1S/C21H23N3O5S2/c1-5-31(26,27)17-8-6-16(7-9-17)29-19-11-15(10-18(23-19)28-13(2)3)20(25)24-21-22-14(4)12-30-21/h6-13H,5H2,1-4H3,(H,22,24,25). The van der Waals surface area contributed by atoms with E-state index in [0.717, 1.165) is 5.69 Å². The molecule has 0 fully saturated rings. The average molecular weight is 462 g/mol. The lowest BCUT2D eigenvalue weighted by atomic mass is 10.2. The highest BCUT2D eigenvalue weighted by Crippen LogP contribution is 2.26. The Morgan fingerprint density at radius 3 is 2.39 bits per heavy atom. The summed E-state index contributed by atoms with van der Waals surface area (Å²) >= 11 is 1.33. The van der Waals surface area contributed by atoms with Crippen molar-refractivity contribution in [1.29, 1.82) is 0 Å². The number of pyridine rings is 1. The number of hydrogen-bond donors (Lipinski definition) is 1. The molecule has 8 nitrogen and oxygen atoms in total. The minimum Gasteiger partial charge on any atom is -0.475 e. The highest BCUT2D eigenvalue weighted by molar-refractivity contribution is 7.91. The van der Waals surface area contributed by atoms with Crippen LogP contribution in [0.3, 0.4) is 0 Å². The molecule has 31 heavy (non-hydrogen) atoms. The number of carbonyl (C=O) groups excluding carboxylic acids is 1. The van der Waals surface area contributed by atoms with Crippen LogP contribution in [0, 0.1) is 6.92 Å². The van der Waals surface area contributed by atoms with Gasteiger partial charge in [0, 0.05) is 17.5 Å². The summed E-state index contributed by atoms with van der Waals surface area (Å²) in [6.45, 7) is 7.13. The van der Waals surface area contributed by atoms with Gasteiger partial charge in [-0.3, -0.25) is 10.1 Å². The molecule has 0 aliphatic carbocycles. The van der Waals surface area contributed by atoms with E-state index in [4.69, 9.17) is 9.47 Å². The van der Waals surface area contributed by atoms with Crippen LogP contribution in [0.2, 0.25) is 0 Å². The number of carbonyl (C=O) groups is 1. The van der Waals surface area contributed by atoms with E-state index in [1.165, 1.54) is 47.7 Å². The number of sulfone groups is 1. The van der Waals surface area contributed by atoms with Gasteiger partial charge in [-0.1, -0.05) is 6.92 Å². The lowest BCUT2D eigenvalue weighted by Gasteiger charge is -2.13. The van der Waals surface area contributed by atoms with E-state index in [1.807, 2.05) is 26.2 Å². The number of ether oxygens (including phenoxy) is 2. The van der Waals surface area contributed by atoms with Crippen molar-refractivity contribution in [2.75, 3.05) is 11.1 Å². The number of amides is 1. The maximum Gasteiger partial charge on any atom is 0.257 e. The molecule has 2 aromatic heterocycles. The Kier molecular flexibility index (Phi) is 6.91. The highest BCUT2D eigenvalue weighted by atomic mass is 32.2. The lowest BCUT2D eigenvalue weighted by molar-refractivity contribution is 0.102. The van der Waals surface area contributed by atoms with Gasteiger partial charge in [0.2, 0.25) is 11.8 Å². The number of nitrogens with zero attached hydrogens (tertiary/aromatic N) is 2. The van der Waals surface area contributed by atoms with Gasteiger partial charge in [0.1, 0.15) is 5.75 Å². The first-order valence-electron chi connectivity index (χ1n) is 9.59. The molecule has 0 unspecified atom stereocenters. The van der Waals surface area contributed by atoms with Crippen molar-refractivity contribution in [2.24, 2.45) is 0 Å². The lowest BCUT2D eigenvalue weighted by Crippen LogP contribution is -2.14. The molecule has 0 spiro atoms. The molecule has 1 N–H and O–H groups in total. The van der Waals surface area contributed by atoms with Crippen molar-refractivity contribution in [3.8, 4) is 17.5 Å². The summed E-state index contributed by atoms with van der Waals surface area (Å²) in [5.74, 6) is 0.397. The molecule has 164 valence electrons. The summed E-state index contributed by atoms with van der Waals surface area (Å²) in [7, 11) is -3.30. The number of aryl methyl sites for hydroxylation is 1. The number of nitrogens with one attached hydrogen (secondary N) is 1. The van der Waals surface area contributed by atoms with Crippen molar-refractivity contribution in [1.82, 2.24) is 9.97 Å². The molecule has 1 aromatic carbocycles. The zero-order chi connectivity index (χ0) is 22.6. The van der Waals surface area contributed by atoms with E-state index in [9.17, 15) is 13.2 Å². The van der Waals surface area contributed by atoms with Crippen LogP contribution >= 0.6 is 11.3 Å². The number of thiazole rings is 1. The van der Waals surface area contributed by atoms with Crippen LogP contribution in [0.5, 0.6) is 17.5 Å². The third kappa shape index (κ3) is 6.02. The molecule has 3 rings (SSSR count). The second kappa shape index (κ2) is 9.44. The summed E-state index contributed by atoms with van der Waals surface area (Å²) in [4.78, 5) is 21.4. The van der Waals surface area contributed by atoms with Gasteiger partial charge in [-0.25, -0.2) is 13.4 Å². The maximum atomic E-state index is 12.7. The Morgan fingerprint density at radius 1 is 1.13 bits per heavy atom. The molecule has 0 aliphatic heterocycles. The van der Waals surface area contributed by atoms with Crippen LogP contribution in [0.25, 0.3) is 0 Å². The molecule has 3 aromatic rings. The zero-order valence-corrected chi connectivity index (χ0v) is 19.2. The minimum atomic E-state index is -3.30.